The average Bonchev–Trinajstić information content (AvgIpc) is 3.21. The minimum Gasteiger partial charge on any atom is -0.493 e. The first kappa shape index (κ1) is 21.0. The van der Waals surface area contributed by atoms with Crippen LogP contribution in [0.2, 0.25) is 0 Å². The maximum absolute atomic E-state index is 12.4. The van der Waals surface area contributed by atoms with E-state index < -0.39 is 11.9 Å². The van der Waals surface area contributed by atoms with Crippen molar-refractivity contribution in [1.82, 2.24) is 0 Å². The summed E-state index contributed by atoms with van der Waals surface area (Å²) >= 11 is 0. The van der Waals surface area contributed by atoms with Gasteiger partial charge >= 0.3 is 5.97 Å². The van der Waals surface area contributed by atoms with Crippen LogP contribution in [0.1, 0.15) is 40.5 Å². The Morgan fingerprint density at radius 1 is 0.967 bits per heavy atom. The SMILES string of the molecule is COc1ccccc1OCc1ccc(C(=O)Nc2ccc(C(=O)OC(C)C)cc2)o1. The van der Waals surface area contributed by atoms with Crippen molar-refractivity contribution >= 4 is 17.6 Å². The van der Waals surface area contributed by atoms with Crippen molar-refractivity contribution in [2.24, 2.45) is 0 Å². The number of carbonyl (C=O) groups is 2. The van der Waals surface area contributed by atoms with E-state index in [1.807, 2.05) is 12.1 Å². The molecule has 3 rings (SSSR count). The Morgan fingerprint density at radius 2 is 1.67 bits per heavy atom. The van der Waals surface area contributed by atoms with Gasteiger partial charge in [-0.1, -0.05) is 12.1 Å². The predicted octanol–water partition coefficient (Wildman–Crippen LogP) is 4.68. The number of anilines is 1. The number of benzene rings is 2. The molecule has 3 aromatic rings. The molecule has 0 radical (unpaired) electrons. The Kier molecular flexibility index (Phi) is 6.75. The van der Waals surface area contributed by atoms with Gasteiger partial charge in [-0.15, -0.1) is 0 Å². The van der Waals surface area contributed by atoms with Crippen molar-refractivity contribution in [2.45, 2.75) is 26.6 Å². The minimum absolute atomic E-state index is 0.150. The number of furan rings is 1. The number of hydrogen-bond donors (Lipinski definition) is 1. The first-order valence-electron chi connectivity index (χ1n) is 9.43. The van der Waals surface area contributed by atoms with Gasteiger partial charge in [0.25, 0.3) is 5.91 Å². The van der Waals surface area contributed by atoms with Crippen LogP contribution in [0.25, 0.3) is 0 Å². The third-order valence-corrected chi connectivity index (χ3v) is 4.05. The van der Waals surface area contributed by atoms with E-state index in [0.29, 0.717) is 28.5 Å². The fourth-order valence-electron chi connectivity index (χ4n) is 2.63. The summed E-state index contributed by atoms with van der Waals surface area (Å²) in [5.74, 6) is 1.03. The number of amides is 1. The van der Waals surface area contributed by atoms with Gasteiger partial charge in [-0.3, -0.25) is 4.79 Å². The van der Waals surface area contributed by atoms with Crippen LogP contribution in [-0.4, -0.2) is 25.1 Å². The number of para-hydroxylation sites is 2. The van der Waals surface area contributed by atoms with Crippen molar-refractivity contribution in [3.05, 3.63) is 77.7 Å². The highest BCUT2D eigenvalue weighted by molar-refractivity contribution is 6.02. The summed E-state index contributed by atoms with van der Waals surface area (Å²) in [5.41, 5.74) is 0.944. The lowest BCUT2D eigenvalue weighted by Crippen LogP contribution is -2.13. The standard InChI is InChI=1S/C23H23NO6/c1-15(2)29-23(26)16-8-10-17(11-9-16)24-22(25)21-13-12-18(30-21)14-28-20-7-5-4-6-19(20)27-3/h4-13,15H,14H2,1-3H3,(H,24,25). The molecule has 1 N–H and O–H groups in total. The first-order valence-corrected chi connectivity index (χ1v) is 9.43. The summed E-state index contributed by atoms with van der Waals surface area (Å²) in [6.07, 6.45) is -0.197. The van der Waals surface area contributed by atoms with Crippen LogP contribution in [0.4, 0.5) is 5.69 Å². The Morgan fingerprint density at radius 3 is 2.33 bits per heavy atom. The average molecular weight is 409 g/mol. The summed E-state index contributed by atoms with van der Waals surface area (Å²) in [7, 11) is 1.57. The largest absolute Gasteiger partial charge is 0.493 e. The number of methoxy groups -OCH3 is 1. The number of nitrogens with one attached hydrogen (secondary N) is 1. The fraction of sp³-hybridized carbons (Fsp3) is 0.217. The van der Waals surface area contributed by atoms with E-state index >= 15 is 0 Å². The monoisotopic (exact) mass is 409 g/mol. The second-order valence-corrected chi connectivity index (χ2v) is 6.69. The highest BCUT2D eigenvalue weighted by Crippen LogP contribution is 2.27. The van der Waals surface area contributed by atoms with E-state index in [2.05, 4.69) is 5.32 Å². The number of hydrogen-bond acceptors (Lipinski definition) is 6. The second kappa shape index (κ2) is 9.65. The molecule has 0 fully saturated rings. The molecule has 1 aromatic heterocycles. The summed E-state index contributed by atoms with van der Waals surface area (Å²) in [6, 6.07) is 17.0. The molecule has 2 aromatic carbocycles. The van der Waals surface area contributed by atoms with Crippen LogP contribution in [0.3, 0.4) is 0 Å². The van der Waals surface area contributed by atoms with Crippen LogP contribution >= 0.6 is 0 Å². The zero-order valence-corrected chi connectivity index (χ0v) is 17.0. The van der Waals surface area contributed by atoms with E-state index in [1.165, 1.54) is 0 Å². The quantitative estimate of drug-likeness (QED) is 0.544. The van der Waals surface area contributed by atoms with Gasteiger partial charge in [-0.2, -0.15) is 0 Å². The number of carbonyl (C=O) groups excluding carboxylic acids is 2. The molecule has 0 aliphatic carbocycles. The molecule has 0 saturated carbocycles. The maximum Gasteiger partial charge on any atom is 0.338 e. The lowest BCUT2D eigenvalue weighted by molar-refractivity contribution is 0.0378. The van der Waals surface area contributed by atoms with Crippen LogP contribution < -0.4 is 14.8 Å². The molecule has 0 atom stereocenters. The smallest absolute Gasteiger partial charge is 0.338 e. The topological polar surface area (TPSA) is 87.0 Å². The van der Waals surface area contributed by atoms with Crippen molar-refractivity contribution in [3.63, 3.8) is 0 Å². The van der Waals surface area contributed by atoms with Gasteiger partial charge in [0.1, 0.15) is 12.4 Å². The van der Waals surface area contributed by atoms with E-state index in [-0.39, 0.29) is 18.5 Å². The summed E-state index contributed by atoms with van der Waals surface area (Å²) in [6.45, 7) is 3.72. The predicted molar refractivity (Wildman–Crippen MR) is 111 cm³/mol. The molecule has 0 unspecified atom stereocenters. The normalized spacial score (nSPS) is 10.5. The maximum atomic E-state index is 12.4. The molecule has 0 aliphatic heterocycles. The lowest BCUT2D eigenvalue weighted by atomic mass is 10.2. The molecule has 1 amide bonds. The third-order valence-electron chi connectivity index (χ3n) is 4.05. The number of rotatable bonds is 8. The Balaban J connectivity index is 1.58. The highest BCUT2D eigenvalue weighted by atomic mass is 16.5. The van der Waals surface area contributed by atoms with E-state index in [1.54, 1.807) is 69.5 Å². The molecule has 0 spiro atoms. The van der Waals surface area contributed by atoms with Gasteiger partial charge in [0, 0.05) is 5.69 Å². The Hall–Kier alpha value is -3.74. The summed E-state index contributed by atoms with van der Waals surface area (Å²) in [4.78, 5) is 24.3. The summed E-state index contributed by atoms with van der Waals surface area (Å²) in [5, 5.41) is 2.72. The first-order chi connectivity index (χ1) is 14.5. The van der Waals surface area contributed by atoms with Gasteiger partial charge in [-0.05, 0) is 62.4 Å². The molecule has 0 bridgehead atoms. The third kappa shape index (κ3) is 5.41. The van der Waals surface area contributed by atoms with E-state index in [9.17, 15) is 9.59 Å². The van der Waals surface area contributed by atoms with E-state index in [0.717, 1.165) is 0 Å². The van der Waals surface area contributed by atoms with Crippen molar-refractivity contribution in [3.8, 4) is 11.5 Å². The zero-order valence-electron chi connectivity index (χ0n) is 17.0. The van der Waals surface area contributed by atoms with E-state index in [4.69, 9.17) is 18.6 Å². The highest BCUT2D eigenvalue weighted by Gasteiger charge is 2.14. The van der Waals surface area contributed by atoms with Gasteiger partial charge in [0.05, 0.1) is 18.8 Å². The van der Waals surface area contributed by atoms with Crippen molar-refractivity contribution in [1.29, 1.82) is 0 Å². The van der Waals surface area contributed by atoms with Crippen molar-refractivity contribution < 1.29 is 28.2 Å². The lowest BCUT2D eigenvalue weighted by Gasteiger charge is -2.09. The Labute approximate surface area is 174 Å². The molecule has 7 nitrogen and oxygen atoms in total. The molecule has 30 heavy (non-hydrogen) atoms. The minimum atomic E-state index is -0.409. The second-order valence-electron chi connectivity index (χ2n) is 6.69. The Bertz CT molecular complexity index is 1010. The molecular formula is C23H23NO6. The van der Waals surface area contributed by atoms with Crippen LogP contribution in [0.5, 0.6) is 11.5 Å². The van der Waals surface area contributed by atoms with Gasteiger partial charge in [0.2, 0.25) is 0 Å². The van der Waals surface area contributed by atoms with Gasteiger partial charge < -0.3 is 23.9 Å². The van der Waals surface area contributed by atoms with Crippen LogP contribution in [0.15, 0.2) is 65.1 Å². The number of ether oxygens (including phenoxy) is 3. The van der Waals surface area contributed by atoms with Crippen LogP contribution in [0, 0.1) is 0 Å². The molecule has 7 heteroatoms. The zero-order chi connectivity index (χ0) is 21.5. The van der Waals surface area contributed by atoms with Gasteiger partial charge in [-0.25, -0.2) is 4.79 Å². The van der Waals surface area contributed by atoms with Crippen molar-refractivity contribution in [2.75, 3.05) is 12.4 Å². The molecule has 0 saturated heterocycles. The summed E-state index contributed by atoms with van der Waals surface area (Å²) < 4.78 is 21.6. The molecular weight excluding hydrogens is 386 g/mol. The van der Waals surface area contributed by atoms with Gasteiger partial charge in [0.15, 0.2) is 17.3 Å². The van der Waals surface area contributed by atoms with Crippen LogP contribution in [-0.2, 0) is 11.3 Å². The fourth-order valence-corrected chi connectivity index (χ4v) is 2.63. The molecule has 1 heterocycles. The molecule has 156 valence electrons. The molecule has 0 aliphatic rings. The number of esters is 1.